The number of fused-ring (bicyclic) bond motifs is 1. The molecule has 1 N–H and O–H groups in total. The van der Waals surface area contributed by atoms with Crippen LogP contribution in [0.2, 0.25) is 0 Å². The van der Waals surface area contributed by atoms with E-state index in [1.165, 1.54) is 11.1 Å². The lowest BCUT2D eigenvalue weighted by atomic mass is 9.82. The number of amides is 1. The van der Waals surface area contributed by atoms with E-state index in [2.05, 4.69) is 41.4 Å². The molecule has 1 fully saturated rings. The van der Waals surface area contributed by atoms with Gasteiger partial charge >= 0.3 is 0 Å². The lowest BCUT2D eigenvalue weighted by Crippen LogP contribution is -2.53. The highest BCUT2D eigenvalue weighted by Gasteiger charge is 2.32. The number of halogens is 1. The van der Waals surface area contributed by atoms with Crippen LogP contribution in [0.1, 0.15) is 36.8 Å². The number of nitrogens with zero attached hydrogens (tertiary/aromatic N) is 1. The standard InChI is InChI=1S/C16H22N2O.ClH/c1-12-11-17-9-10-18(12)16(19)15-8-4-6-13-5-2-3-7-14(13)15;/h2-3,5,7,12,15,17H,4,6,8-11H2,1H3;1H/t12-,15?;/m0./s1. The van der Waals surface area contributed by atoms with Crippen molar-refractivity contribution in [1.82, 2.24) is 10.2 Å². The fourth-order valence-corrected chi connectivity index (χ4v) is 3.38. The summed E-state index contributed by atoms with van der Waals surface area (Å²) in [5.74, 6) is 0.423. The average molecular weight is 295 g/mol. The lowest BCUT2D eigenvalue weighted by molar-refractivity contribution is -0.136. The van der Waals surface area contributed by atoms with Gasteiger partial charge < -0.3 is 10.2 Å². The van der Waals surface area contributed by atoms with Crippen molar-refractivity contribution < 1.29 is 4.79 Å². The number of carbonyl (C=O) groups is 1. The molecule has 0 radical (unpaired) electrons. The highest BCUT2D eigenvalue weighted by Crippen LogP contribution is 2.33. The van der Waals surface area contributed by atoms with Crippen LogP contribution >= 0.6 is 12.4 Å². The summed E-state index contributed by atoms with van der Waals surface area (Å²) in [5.41, 5.74) is 2.64. The number of carbonyl (C=O) groups excluding carboxylic acids is 1. The highest BCUT2D eigenvalue weighted by molar-refractivity contribution is 5.85. The first-order valence-electron chi connectivity index (χ1n) is 7.36. The Morgan fingerprint density at radius 1 is 1.35 bits per heavy atom. The molecule has 3 nitrogen and oxygen atoms in total. The first-order valence-corrected chi connectivity index (χ1v) is 7.36. The summed E-state index contributed by atoms with van der Waals surface area (Å²) < 4.78 is 0. The zero-order valence-electron chi connectivity index (χ0n) is 12.0. The quantitative estimate of drug-likeness (QED) is 0.862. The fraction of sp³-hybridized carbons (Fsp3) is 0.562. The molecule has 0 spiro atoms. The number of hydrogen-bond acceptors (Lipinski definition) is 2. The van der Waals surface area contributed by atoms with Crippen LogP contribution in [0.4, 0.5) is 0 Å². The van der Waals surface area contributed by atoms with E-state index >= 15 is 0 Å². The van der Waals surface area contributed by atoms with Crippen LogP contribution in [-0.2, 0) is 11.2 Å². The van der Waals surface area contributed by atoms with Crippen LogP contribution in [0.15, 0.2) is 24.3 Å². The Morgan fingerprint density at radius 3 is 2.95 bits per heavy atom. The van der Waals surface area contributed by atoms with Gasteiger partial charge in [-0.05, 0) is 37.3 Å². The van der Waals surface area contributed by atoms with Gasteiger partial charge in [0.2, 0.25) is 5.91 Å². The van der Waals surface area contributed by atoms with Gasteiger partial charge in [-0.3, -0.25) is 4.79 Å². The van der Waals surface area contributed by atoms with Gasteiger partial charge in [0.25, 0.3) is 0 Å². The molecule has 0 bridgehead atoms. The Hall–Kier alpha value is -1.06. The summed E-state index contributed by atoms with van der Waals surface area (Å²) >= 11 is 0. The van der Waals surface area contributed by atoms with Crippen LogP contribution in [0.25, 0.3) is 0 Å². The van der Waals surface area contributed by atoms with Crippen molar-refractivity contribution in [3.8, 4) is 0 Å². The van der Waals surface area contributed by atoms with Crippen molar-refractivity contribution in [1.29, 1.82) is 0 Å². The third-order valence-corrected chi connectivity index (χ3v) is 4.45. The Balaban J connectivity index is 0.00000147. The van der Waals surface area contributed by atoms with E-state index < -0.39 is 0 Å². The topological polar surface area (TPSA) is 32.3 Å². The summed E-state index contributed by atoms with van der Waals surface area (Å²) in [6.45, 7) is 4.82. The summed E-state index contributed by atoms with van der Waals surface area (Å²) in [7, 11) is 0. The molecule has 0 aromatic heterocycles. The van der Waals surface area contributed by atoms with Crippen molar-refractivity contribution in [2.24, 2.45) is 0 Å². The second-order valence-corrected chi connectivity index (χ2v) is 5.73. The molecule has 1 amide bonds. The Labute approximate surface area is 127 Å². The Kier molecular flexibility index (Phi) is 5.06. The maximum atomic E-state index is 12.8. The normalized spacial score (nSPS) is 25.6. The molecule has 1 aliphatic heterocycles. The molecule has 1 saturated heterocycles. The predicted octanol–water partition coefficient (Wildman–Crippen LogP) is 2.35. The molecule has 1 unspecified atom stereocenters. The second-order valence-electron chi connectivity index (χ2n) is 5.73. The molecule has 4 heteroatoms. The average Bonchev–Trinajstić information content (AvgIpc) is 2.46. The maximum absolute atomic E-state index is 12.8. The van der Waals surface area contributed by atoms with Gasteiger partial charge in [-0.15, -0.1) is 12.4 Å². The molecule has 1 heterocycles. The Morgan fingerprint density at radius 2 is 2.15 bits per heavy atom. The molecule has 1 aromatic carbocycles. The number of aryl methyl sites for hydroxylation is 1. The van der Waals surface area contributed by atoms with Gasteiger partial charge in [-0.25, -0.2) is 0 Å². The summed E-state index contributed by atoms with van der Waals surface area (Å²) in [5, 5.41) is 3.35. The first-order chi connectivity index (χ1) is 9.27. The molecule has 110 valence electrons. The van der Waals surface area contributed by atoms with E-state index in [0.717, 1.165) is 38.9 Å². The molecule has 1 aromatic rings. The van der Waals surface area contributed by atoms with E-state index in [-0.39, 0.29) is 18.3 Å². The van der Waals surface area contributed by atoms with Gasteiger partial charge in [-0.2, -0.15) is 0 Å². The van der Waals surface area contributed by atoms with E-state index in [1.807, 2.05) is 0 Å². The summed E-state index contributed by atoms with van der Waals surface area (Å²) in [6.07, 6.45) is 3.26. The summed E-state index contributed by atoms with van der Waals surface area (Å²) in [6, 6.07) is 8.78. The van der Waals surface area contributed by atoms with Crippen molar-refractivity contribution in [3.05, 3.63) is 35.4 Å². The highest BCUT2D eigenvalue weighted by atomic mass is 35.5. The van der Waals surface area contributed by atoms with Crippen molar-refractivity contribution in [2.45, 2.75) is 38.1 Å². The minimum Gasteiger partial charge on any atom is -0.337 e. The molecule has 1 aliphatic carbocycles. The van der Waals surface area contributed by atoms with E-state index in [4.69, 9.17) is 0 Å². The first kappa shape index (κ1) is 15.3. The monoisotopic (exact) mass is 294 g/mol. The third kappa shape index (κ3) is 2.84. The van der Waals surface area contributed by atoms with Crippen LogP contribution < -0.4 is 5.32 Å². The van der Waals surface area contributed by atoms with Crippen LogP contribution in [-0.4, -0.2) is 36.5 Å². The maximum Gasteiger partial charge on any atom is 0.230 e. The zero-order valence-corrected chi connectivity index (χ0v) is 12.8. The molecule has 20 heavy (non-hydrogen) atoms. The molecule has 3 rings (SSSR count). The molecular formula is C16H23ClN2O. The van der Waals surface area contributed by atoms with Crippen LogP contribution in [0.3, 0.4) is 0 Å². The minimum absolute atomic E-state index is 0. The van der Waals surface area contributed by atoms with Gasteiger partial charge in [0.15, 0.2) is 0 Å². The lowest BCUT2D eigenvalue weighted by Gasteiger charge is -2.37. The molecular weight excluding hydrogens is 272 g/mol. The second kappa shape index (κ2) is 6.59. The number of piperazine rings is 1. The minimum atomic E-state index is 0. The molecule has 2 aliphatic rings. The zero-order chi connectivity index (χ0) is 13.2. The number of benzene rings is 1. The number of rotatable bonds is 1. The molecule has 2 atom stereocenters. The number of nitrogens with one attached hydrogen (secondary N) is 1. The van der Waals surface area contributed by atoms with Gasteiger partial charge in [0, 0.05) is 25.7 Å². The SMILES string of the molecule is C[C@H]1CNCCN1C(=O)C1CCCc2ccccc21.Cl. The predicted molar refractivity (Wildman–Crippen MR) is 83.4 cm³/mol. The van der Waals surface area contributed by atoms with Gasteiger partial charge in [-0.1, -0.05) is 24.3 Å². The smallest absolute Gasteiger partial charge is 0.230 e. The molecule has 0 saturated carbocycles. The van der Waals surface area contributed by atoms with E-state index in [9.17, 15) is 4.79 Å². The third-order valence-electron chi connectivity index (χ3n) is 4.45. The van der Waals surface area contributed by atoms with Crippen molar-refractivity contribution >= 4 is 18.3 Å². The van der Waals surface area contributed by atoms with E-state index in [1.54, 1.807) is 0 Å². The van der Waals surface area contributed by atoms with Gasteiger partial charge in [0.05, 0.1) is 5.92 Å². The number of hydrogen-bond donors (Lipinski definition) is 1. The van der Waals surface area contributed by atoms with Crippen LogP contribution in [0, 0.1) is 0 Å². The van der Waals surface area contributed by atoms with Crippen LogP contribution in [0.5, 0.6) is 0 Å². The van der Waals surface area contributed by atoms with E-state index in [0.29, 0.717) is 11.9 Å². The van der Waals surface area contributed by atoms with Gasteiger partial charge in [0.1, 0.15) is 0 Å². The Bertz CT molecular complexity index is 477. The van der Waals surface area contributed by atoms with Crippen molar-refractivity contribution in [3.63, 3.8) is 0 Å². The largest absolute Gasteiger partial charge is 0.337 e. The van der Waals surface area contributed by atoms with Crippen molar-refractivity contribution in [2.75, 3.05) is 19.6 Å². The fourth-order valence-electron chi connectivity index (χ4n) is 3.38. The summed E-state index contributed by atoms with van der Waals surface area (Å²) in [4.78, 5) is 14.9.